The summed E-state index contributed by atoms with van der Waals surface area (Å²) in [7, 11) is 2.96. The molecule has 5 rings (SSSR count). The Morgan fingerprint density at radius 3 is 2.58 bits per heavy atom. The molecule has 2 heterocycles. The average molecular weight is 521 g/mol. The lowest BCUT2D eigenvalue weighted by Gasteiger charge is -2.23. The number of aromatic nitrogens is 1. The van der Waals surface area contributed by atoms with E-state index in [0.29, 0.717) is 32.7 Å². The number of rotatable bonds is 5. The standard InChI is InChI=1S/C27H21ClN2O5S/c1-14-5-4-6-15(11-14)23-22(24(31)18-13-17(34-2)8-10-20(18)35-3)25(32)26(33)30(23)27-29-19-9-7-16(28)12-21(19)36-27/h4-13,23,31H,1-3H3/b24-22+. The van der Waals surface area contributed by atoms with Crippen LogP contribution in [-0.2, 0) is 9.59 Å². The normalized spacial score (nSPS) is 17.1. The predicted octanol–water partition coefficient (Wildman–Crippen LogP) is 5.90. The van der Waals surface area contributed by atoms with Crippen LogP contribution in [0.5, 0.6) is 11.5 Å². The number of amides is 1. The number of aryl methyl sites for hydroxylation is 1. The fraction of sp³-hybridized carbons (Fsp3) is 0.148. The molecule has 182 valence electrons. The number of anilines is 1. The SMILES string of the molecule is COc1ccc(OC)c(/C(O)=C2\C(=O)C(=O)N(c3nc4ccc(Cl)cc4s3)C2c2cccc(C)c2)c1. The zero-order valence-corrected chi connectivity index (χ0v) is 21.2. The Balaban J connectivity index is 1.76. The van der Waals surface area contributed by atoms with Gasteiger partial charge in [-0.2, -0.15) is 0 Å². The summed E-state index contributed by atoms with van der Waals surface area (Å²) in [6.07, 6.45) is 0. The van der Waals surface area contributed by atoms with Crippen LogP contribution < -0.4 is 14.4 Å². The van der Waals surface area contributed by atoms with Crippen molar-refractivity contribution in [1.82, 2.24) is 4.98 Å². The van der Waals surface area contributed by atoms with Crippen molar-refractivity contribution in [3.8, 4) is 11.5 Å². The Hall–Kier alpha value is -3.88. The number of ether oxygens (including phenoxy) is 2. The van der Waals surface area contributed by atoms with E-state index in [0.717, 1.165) is 10.3 Å². The number of benzene rings is 3. The van der Waals surface area contributed by atoms with E-state index in [2.05, 4.69) is 4.98 Å². The number of carbonyl (C=O) groups excluding carboxylic acids is 2. The van der Waals surface area contributed by atoms with Crippen LogP contribution in [0.2, 0.25) is 5.02 Å². The second kappa shape index (κ2) is 9.29. The molecule has 1 aliphatic rings. The van der Waals surface area contributed by atoms with Crippen molar-refractivity contribution < 1.29 is 24.2 Å². The second-order valence-electron chi connectivity index (χ2n) is 8.26. The van der Waals surface area contributed by atoms with Gasteiger partial charge in [-0.1, -0.05) is 52.8 Å². The summed E-state index contributed by atoms with van der Waals surface area (Å²) in [5, 5.41) is 12.4. The number of thiazole rings is 1. The topological polar surface area (TPSA) is 89.0 Å². The molecular weight excluding hydrogens is 500 g/mol. The van der Waals surface area contributed by atoms with Crippen LogP contribution >= 0.6 is 22.9 Å². The van der Waals surface area contributed by atoms with Crippen LogP contribution in [-0.4, -0.2) is 36.0 Å². The molecule has 1 amide bonds. The van der Waals surface area contributed by atoms with E-state index in [1.54, 1.807) is 36.4 Å². The largest absolute Gasteiger partial charge is 0.507 e. The van der Waals surface area contributed by atoms with Gasteiger partial charge in [-0.3, -0.25) is 14.5 Å². The summed E-state index contributed by atoms with van der Waals surface area (Å²) in [6.45, 7) is 1.92. The highest BCUT2D eigenvalue weighted by Gasteiger charge is 2.48. The number of halogens is 1. The molecule has 36 heavy (non-hydrogen) atoms. The van der Waals surface area contributed by atoms with E-state index >= 15 is 0 Å². The Bertz CT molecular complexity index is 1560. The highest BCUT2D eigenvalue weighted by molar-refractivity contribution is 7.22. The van der Waals surface area contributed by atoms with E-state index in [9.17, 15) is 14.7 Å². The van der Waals surface area contributed by atoms with Gasteiger partial charge in [0.05, 0.1) is 41.6 Å². The maximum atomic E-state index is 13.5. The molecule has 1 atom stereocenters. The molecule has 0 bridgehead atoms. The molecule has 0 aliphatic carbocycles. The van der Waals surface area contributed by atoms with Gasteiger partial charge in [-0.15, -0.1) is 0 Å². The number of nitrogens with zero attached hydrogens (tertiary/aromatic N) is 2. The van der Waals surface area contributed by atoms with Crippen molar-refractivity contribution in [3.63, 3.8) is 0 Å². The van der Waals surface area contributed by atoms with Crippen LogP contribution in [0.25, 0.3) is 16.0 Å². The summed E-state index contributed by atoms with van der Waals surface area (Å²) in [6, 6.07) is 16.7. The first kappa shape index (κ1) is 23.8. The van der Waals surface area contributed by atoms with Crippen molar-refractivity contribution >= 4 is 55.7 Å². The number of aliphatic hydroxyl groups excluding tert-OH is 1. The Kier molecular flexibility index (Phi) is 6.15. The minimum Gasteiger partial charge on any atom is -0.507 e. The molecule has 3 aromatic carbocycles. The number of hydrogen-bond acceptors (Lipinski definition) is 7. The van der Waals surface area contributed by atoms with Gasteiger partial charge in [0.25, 0.3) is 5.78 Å². The molecule has 0 spiro atoms. The van der Waals surface area contributed by atoms with Gasteiger partial charge in [0.15, 0.2) is 5.13 Å². The molecule has 0 saturated carbocycles. The number of aliphatic hydroxyl groups is 1. The Morgan fingerprint density at radius 2 is 1.86 bits per heavy atom. The van der Waals surface area contributed by atoms with E-state index < -0.39 is 17.7 Å². The summed E-state index contributed by atoms with van der Waals surface area (Å²) in [5.74, 6) is -1.17. The van der Waals surface area contributed by atoms with Crippen LogP contribution in [0.1, 0.15) is 22.7 Å². The molecule has 4 aromatic rings. The first-order chi connectivity index (χ1) is 17.3. The van der Waals surface area contributed by atoms with Crippen LogP contribution in [0.4, 0.5) is 5.13 Å². The third-order valence-corrected chi connectivity index (χ3v) is 7.26. The molecular formula is C27H21ClN2O5S. The molecule has 1 fully saturated rings. The number of carbonyl (C=O) groups is 2. The van der Waals surface area contributed by atoms with Crippen LogP contribution in [0.15, 0.2) is 66.2 Å². The number of ketones is 1. The minimum absolute atomic E-state index is 0.0607. The summed E-state index contributed by atoms with van der Waals surface area (Å²) >= 11 is 7.40. The lowest BCUT2D eigenvalue weighted by Crippen LogP contribution is -2.29. The highest BCUT2D eigenvalue weighted by Crippen LogP contribution is 2.45. The van der Waals surface area contributed by atoms with E-state index in [4.69, 9.17) is 21.1 Å². The zero-order valence-electron chi connectivity index (χ0n) is 19.6. The quantitative estimate of drug-likeness (QED) is 0.200. The second-order valence-corrected chi connectivity index (χ2v) is 9.70. The van der Waals surface area contributed by atoms with Crippen molar-refractivity contribution in [2.24, 2.45) is 0 Å². The fourth-order valence-corrected chi connectivity index (χ4v) is 5.59. The number of hydrogen-bond donors (Lipinski definition) is 1. The Morgan fingerprint density at radius 1 is 1.06 bits per heavy atom. The van der Waals surface area contributed by atoms with Gasteiger partial charge >= 0.3 is 5.91 Å². The van der Waals surface area contributed by atoms with Gasteiger partial charge in [-0.25, -0.2) is 4.98 Å². The van der Waals surface area contributed by atoms with Crippen molar-refractivity contribution in [2.75, 3.05) is 19.1 Å². The summed E-state index contributed by atoms with van der Waals surface area (Å²) in [5.41, 5.74) is 2.43. The fourth-order valence-electron chi connectivity index (χ4n) is 4.32. The maximum absolute atomic E-state index is 13.5. The first-order valence-electron chi connectivity index (χ1n) is 11.0. The van der Waals surface area contributed by atoms with Crippen molar-refractivity contribution in [2.45, 2.75) is 13.0 Å². The lowest BCUT2D eigenvalue weighted by molar-refractivity contribution is -0.132. The number of fused-ring (bicyclic) bond motifs is 1. The van der Waals surface area contributed by atoms with Crippen LogP contribution in [0.3, 0.4) is 0 Å². The molecule has 7 nitrogen and oxygen atoms in total. The smallest absolute Gasteiger partial charge is 0.301 e. The van der Waals surface area contributed by atoms with E-state index in [-0.39, 0.29) is 16.9 Å². The van der Waals surface area contributed by atoms with Gasteiger partial charge < -0.3 is 14.6 Å². The molecule has 9 heteroatoms. The van der Waals surface area contributed by atoms with Gasteiger partial charge in [0.2, 0.25) is 0 Å². The van der Waals surface area contributed by atoms with E-state index in [1.165, 1.54) is 30.5 Å². The van der Waals surface area contributed by atoms with Crippen LogP contribution in [0, 0.1) is 6.92 Å². The molecule has 1 unspecified atom stereocenters. The monoisotopic (exact) mass is 520 g/mol. The summed E-state index contributed by atoms with van der Waals surface area (Å²) in [4.78, 5) is 32.9. The van der Waals surface area contributed by atoms with Crippen molar-refractivity contribution in [3.05, 3.63) is 87.9 Å². The Labute approximate surface area is 216 Å². The third kappa shape index (κ3) is 3.98. The highest BCUT2D eigenvalue weighted by atomic mass is 35.5. The minimum atomic E-state index is -0.906. The molecule has 1 N–H and O–H groups in total. The maximum Gasteiger partial charge on any atom is 0.301 e. The van der Waals surface area contributed by atoms with Crippen molar-refractivity contribution in [1.29, 1.82) is 0 Å². The molecule has 1 saturated heterocycles. The molecule has 0 radical (unpaired) electrons. The lowest BCUT2D eigenvalue weighted by atomic mass is 9.94. The van der Waals surface area contributed by atoms with Gasteiger partial charge in [0.1, 0.15) is 17.3 Å². The zero-order chi connectivity index (χ0) is 25.6. The first-order valence-corrected chi connectivity index (χ1v) is 12.2. The summed E-state index contributed by atoms with van der Waals surface area (Å²) < 4.78 is 11.5. The van der Waals surface area contributed by atoms with E-state index in [1.807, 2.05) is 31.2 Å². The van der Waals surface area contributed by atoms with Gasteiger partial charge in [0, 0.05) is 5.02 Å². The average Bonchev–Trinajstić information content (AvgIpc) is 3.40. The molecule has 1 aromatic heterocycles. The molecule has 1 aliphatic heterocycles. The third-order valence-electron chi connectivity index (χ3n) is 6.01. The van der Waals surface area contributed by atoms with Gasteiger partial charge in [-0.05, 0) is 48.9 Å². The number of methoxy groups -OCH3 is 2. The number of Topliss-reactive ketones (excluding diaryl/α,β-unsaturated/α-hetero) is 1. The predicted molar refractivity (Wildman–Crippen MR) is 140 cm³/mol.